The average molecular weight is 261 g/mol. The van der Waals surface area contributed by atoms with Crippen molar-refractivity contribution in [3.8, 4) is 5.75 Å². The molecule has 19 heavy (non-hydrogen) atoms. The second kappa shape index (κ2) is 5.51. The highest BCUT2D eigenvalue weighted by atomic mass is 16.5. The summed E-state index contributed by atoms with van der Waals surface area (Å²) in [5.74, 6) is 0.863. The van der Waals surface area contributed by atoms with Gasteiger partial charge in [0, 0.05) is 6.04 Å². The van der Waals surface area contributed by atoms with Crippen LogP contribution in [0.1, 0.15) is 55.7 Å². The van der Waals surface area contributed by atoms with Gasteiger partial charge in [-0.15, -0.1) is 0 Å². The lowest BCUT2D eigenvalue weighted by atomic mass is 9.88. The number of ether oxygens (including phenoxy) is 1. The molecule has 0 spiro atoms. The van der Waals surface area contributed by atoms with Gasteiger partial charge in [-0.1, -0.05) is 12.5 Å². The SMILES string of the molecule is N[C@@H]1CCCc2ccc(OC3CCCCC3O)cc21. The van der Waals surface area contributed by atoms with Gasteiger partial charge in [0.05, 0.1) is 6.10 Å². The molecular weight excluding hydrogens is 238 g/mol. The van der Waals surface area contributed by atoms with Gasteiger partial charge < -0.3 is 15.6 Å². The molecule has 0 radical (unpaired) electrons. The van der Waals surface area contributed by atoms with E-state index in [2.05, 4.69) is 12.1 Å². The van der Waals surface area contributed by atoms with E-state index in [9.17, 15) is 5.11 Å². The van der Waals surface area contributed by atoms with Crippen LogP contribution >= 0.6 is 0 Å². The molecule has 0 aliphatic heterocycles. The predicted molar refractivity (Wildman–Crippen MR) is 75.2 cm³/mol. The van der Waals surface area contributed by atoms with Crippen molar-refractivity contribution >= 4 is 0 Å². The maximum Gasteiger partial charge on any atom is 0.124 e. The molecule has 0 aromatic heterocycles. The predicted octanol–water partition coefficient (Wildman–Crippen LogP) is 2.71. The second-order valence-electron chi connectivity index (χ2n) is 5.87. The highest BCUT2D eigenvalue weighted by Gasteiger charge is 2.25. The third-order valence-electron chi connectivity index (χ3n) is 4.43. The number of aryl methyl sites for hydroxylation is 1. The van der Waals surface area contributed by atoms with Gasteiger partial charge in [0.1, 0.15) is 11.9 Å². The topological polar surface area (TPSA) is 55.5 Å². The first kappa shape index (κ1) is 12.9. The van der Waals surface area contributed by atoms with Crippen LogP contribution in [0.4, 0.5) is 0 Å². The molecule has 2 aliphatic carbocycles. The monoisotopic (exact) mass is 261 g/mol. The highest BCUT2D eigenvalue weighted by Crippen LogP contribution is 2.32. The maximum absolute atomic E-state index is 9.97. The second-order valence-corrected chi connectivity index (χ2v) is 5.87. The molecule has 3 N–H and O–H groups in total. The van der Waals surface area contributed by atoms with Gasteiger partial charge in [0.15, 0.2) is 0 Å². The fourth-order valence-electron chi connectivity index (χ4n) is 3.28. The van der Waals surface area contributed by atoms with E-state index in [1.807, 2.05) is 6.07 Å². The largest absolute Gasteiger partial charge is 0.488 e. The summed E-state index contributed by atoms with van der Waals surface area (Å²) < 4.78 is 5.98. The van der Waals surface area contributed by atoms with Crippen LogP contribution < -0.4 is 10.5 Å². The Morgan fingerprint density at radius 3 is 2.79 bits per heavy atom. The van der Waals surface area contributed by atoms with Gasteiger partial charge in [-0.2, -0.15) is 0 Å². The minimum atomic E-state index is -0.321. The number of nitrogens with two attached hydrogens (primary N) is 1. The zero-order valence-electron chi connectivity index (χ0n) is 11.3. The fraction of sp³-hybridized carbons (Fsp3) is 0.625. The first-order chi connectivity index (χ1) is 9.24. The van der Waals surface area contributed by atoms with E-state index in [1.165, 1.54) is 17.5 Å². The number of hydrogen-bond acceptors (Lipinski definition) is 3. The molecule has 104 valence electrons. The summed E-state index contributed by atoms with van der Waals surface area (Å²) in [5, 5.41) is 9.97. The zero-order chi connectivity index (χ0) is 13.2. The molecule has 0 saturated heterocycles. The summed E-state index contributed by atoms with van der Waals surface area (Å²) in [6.45, 7) is 0. The summed E-state index contributed by atoms with van der Waals surface area (Å²) in [4.78, 5) is 0. The van der Waals surface area contributed by atoms with Crippen LogP contribution in [0, 0.1) is 0 Å². The standard InChI is InChI=1S/C16H23NO2/c17-14-5-3-4-11-8-9-12(10-13(11)14)19-16-7-2-1-6-15(16)18/h8-10,14-16,18H,1-7,17H2/t14-,15?,16?/m1/s1. The van der Waals surface area contributed by atoms with Crippen LogP contribution in [0.5, 0.6) is 5.75 Å². The first-order valence-corrected chi connectivity index (χ1v) is 7.47. The summed E-state index contributed by atoms with van der Waals surface area (Å²) in [7, 11) is 0. The van der Waals surface area contributed by atoms with Crippen LogP contribution in [0.15, 0.2) is 18.2 Å². The molecule has 3 heteroatoms. The molecule has 3 nitrogen and oxygen atoms in total. The number of hydrogen-bond donors (Lipinski definition) is 2. The van der Waals surface area contributed by atoms with E-state index in [1.54, 1.807) is 0 Å². The molecule has 3 atom stereocenters. The Labute approximate surface area is 114 Å². The Bertz CT molecular complexity index is 446. The maximum atomic E-state index is 9.97. The van der Waals surface area contributed by atoms with E-state index >= 15 is 0 Å². The molecule has 1 aromatic carbocycles. The Morgan fingerprint density at radius 1 is 1.11 bits per heavy atom. The molecule has 1 saturated carbocycles. The summed E-state index contributed by atoms with van der Waals surface area (Å²) in [5.41, 5.74) is 8.76. The Balaban J connectivity index is 1.76. The van der Waals surface area contributed by atoms with Gasteiger partial charge in [-0.25, -0.2) is 0 Å². The number of aliphatic hydroxyl groups excluding tert-OH is 1. The molecule has 3 rings (SSSR count). The number of rotatable bonds is 2. The van der Waals surface area contributed by atoms with Crippen molar-refractivity contribution in [2.75, 3.05) is 0 Å². The quantitative estimate of drug-likeness (QED) is 0.860. The third-order valence-corrected chi connectivity index (χ3v) is 4.43. The van der Waals surface area contributed by atoms with Gasteiger partial charge in [-0.3, -0.25) is 0 Å². The Morgan fingerprint density at radius 2 is 1.95 bits per heavy atom. The van der Waals surface area contributed by atoms with E-state index in [0.29, 0.717) is 0 Å². The van der Waals surface area contributed by atoms with E-state index in [4.69, 9.17) is 10.5 Å². The molecular formula is C16H23NO2. The van der Waals surface area contributed by atoms with Gasteiger partial charge >= 0.3 is 0 Å². The smallest absolute Gasteiger partial charge is 0.124 e. The fourth-order valence-corrected chi connectivity index (χ4v) is 3.28. The Kier molecular flexibility index (Phi) is 3.76. The summed E-state index contributed by atoms with van der Waals surface area (Å²) in [6, 6.07) is 6.39. The van der Waals surface area contributed by atoms with Crippen molar-refractivity contribution in [2.45, 2.75) is 63.2 Å². The average Bonchev–Trinajstić information content (AvgIpc) is 2.42. The van der Waals surface area contributed by atoms with E-state index in [-0.39, 0.29) is 18.2 Å². The number of fused-ring (bicyclic) bond motifs is 1. The van der Waals surface area contributed by atoms with Crippen molar-refractivity contribution in [2.24, 2.45) is 5.73 Å². The lowest BCUT2D eigenvalue weighted by molar-refractivity contribution is 0.00681. The minimum absolute atomic E-state index is 0.0494. The van der Waals surface area contributed by atoms with Gasteiger partial charge in [0.2, 0.25) is 0 Å². The van der Waals surface area contributed by atoms with E-state index < -0.39 is 0 Å². The normalized spacial score (nSPS) is 30.7. The molecule has 1 aromatic rings. The van der Waals surface area contributed by atoms with Crippen molar-refractivity contribution in [1.29, 1.82) is 0 Å². The summed E-state index contributed by atoms with van der Waals surface area (Å²) in [6.07, 6.45) is 7.04. The molecule has 2 unspecified atom stereocenters. The molecule has 1 fully saturated rings. The van der Waals surface area contributed by atoms with Crippen LogP contribution in [-0.2, 0) is 6.42 Å². The van der Waals surface area contributed by atoms with Crippen LogP contribution in [0.25, 0.3) is 0 Å². The van der Waals surface area contributed by atoms with Crippen LogP contribution in [-0.4, -0.2) is 17.3 Å². The Hall–Kier alpha value is -1.06. The molecule has 2 aliphatic rings. The zero-order valence-corrected chi connectivity index (χ0v) is 11.3. The molecule has 0 heterocycles. The van der Waals surface area contributed by atoms with Gasteiger partial charge in [-0.05, 0) is 61.8 Å². The third kappa shape index (κ3) is 2.77. The highest BCUT2D eigenvalue weighted by molar-refractivity contribution is 5.39. The van der Waals surface area contributed by atoms with Crippen molar-refractivity contribution < 1.29 is 9.84 Å². The summed E-state index contributed by atoms with van der Waals surface area (Å²) >= 11 is 0. The molecule has 0 amide bonds. The lowest BCUT2D eigenvalue weighted by Gasteiger charge is -2.29. The van der Waals surface area contributed by atoms with E-state index in [0.717, 1.165) is 44.3 Å². The van der Waals surface area contributed by atoms with Crippen molar-refractivity contribution in [3.63, 3.8) is 0 Å². The first-order valence-electron chi connectivity index (χ1n) is 7.47. The van der Waals surface area contributed by atoms with Crippen molar-refractivity contribution in [1.82, 2.24) is 0 Å². The van der Waals surface area contributed by atoms with Crippen LogP contribution in [0.2, 0.25) is 0 Å². The van der Waals surface area contributed by atoms with Crippen LogP contribution in [0.3, 0.4) is 0 Å². The minimum Gasteiger partial charge on any atom is -0.488 e. The lowest BCUT2D eigenvalue weighted by Crippen LogP contribution is -2.34. The van der Waals surface area contributed by atoms with Gasteiger partial charge in [0.25, 0.3) is 0 Å². The van der Waals surface area contributed by atoms with Crippen molar-refractivity contribution in [3.05, 3.63) is 29.3 Å². The molecule has 0 bridgehead atoms. The number of benzene rings is 1. The number of aliphatic hydroxyl groups is 1.